The molecule has 0 aromatic heterocycles. The Morgan fingerprint density at radius 1 is 1.06 bits per heavy atom. The van der Waals surface area contributed by atoms with E-state index >= 15 is 0 Å². The van der Waals surface area contributed by atoms with Crippen molar-refractivity contribution in [3.8, 4) is 5.75 Å². The molecule has 2 rings (SSSR count). The van der Waals surface area contributed by atoms with Crippen LogP contribution in [0.15, 0.2) is 61.2 Å². The van der Waals surface area contributed by atoms with Crippen molar-refractivity contribution in [3.05, 3.63) is 66.7 Å². The molecule has 0 bridgehead atoms. The molecule has 2 aromatic rings. The van der Waals surface area contributed by atoms with Crippen molar-refractivity contribution in [2.75, 3.05) is 0 Å². The van der Waals surface area contributed by atoms with E-state index < -0.39 is 7.60 Å². The molecule has 0 fully saturated rings. The number of para-hydroxylation sites is 1. The van der Waals surface area contributed by atoms with Gasteiger partial charge in [0.2, 0.25) is 0 Å². The maximum atomic E-state index is 12.2. The molecule has 0 aliphatic heterocycles. The summed E-state index contributed by atoms with van der Waals surface area (Å²) < 4.78 is 17.4. The van der Waals surface area contributed by atoms with Gasteiger partial charge in [0.1, 0.15) is 5.75 Å². The molecule has 0 spiro atoms. The first-order chi connectivity index (χ1) is 8.63. The van der Waals surface area contributed by atoms with E-state index in [1.165, 1.54) is 0 Å². The van der Waals surface area contributed by atoms with E-state index in [0.717, 1.165) is 0 Å². The van der Waals surface area contributed by atoms with Crippen LogP contribution in [0.1, 0.15) is 5.56 Å². The maximum absolute atomic E-state index is 12.2. The first kappa shape index (κ1) is 12.6. The Morgan fingerprint density at radius 3 is 2.33 bits per heavy atom. The van der Waals surface area contributed by atoms with Crippen LogP contribution in [0, 0.1) is 0 Å². The van der Waals surface area contributed by atoms with Gasteiger partial charge in [0.25, 0.3) is 0 Å². The topological polar surface area (TPSA) is 46.5 Å². The van der Waals surface area contributed by atoms with E-state index in [0.29, 0.717) is 11.3 Å². The Hall–Kier alpha value is -1.83. The Morgan fingerprint density at radius 2 is 1.67 bits per heavy atom. The molecule has 0 radical (unpaired) electrons. The summed E-state index contributed by atoms with van der Waals surface area (Å²) in [6.45, 7) is 3.64. The molecule has 0 amide bonds. The summed E-state index contributed by atoms with van der Waals surface area (Å²) in [5, 5.41) is 0.267. The maximum Gasteiger partial charge on any atom is 0.408 e. The molecule has 2 aromatic carbocycles. The van der Waals surface area contributed by atoms with Crippen LogP contribution in [0.5, 0.6) is 5.75 Å². The number of hydrogen-bond donors (Lipinski definition) is 1. The van der Waals surface area contributed by atoms with Crippen LogP contribution in [0.2, 0.25) is 0 Å². The Labute approximate surface area is 106 Å². The van der Waals surface area contributed by atoms with Crippen molar-refractivity contribution in [1.29, 1.82) is 0 Å². The molecule has 1 unspecified atom stereocenters. The second-order valence-corrected chi connectivity index (χ2v) is 5.43. The van der Waals surface area contributed by atoms with E-state index in [2.05, 4.69) is 6.58 Å². The average molecular weight is 260 g/mol. The summed E-state index contributed by atoms with van der Waals surface area (Å²) in [6, 6.07) is 15.3. The van der Waals surface area contributed by atoms with Crippen LogP contribution in [-0.2, 0) is 4.57 Å². The van der Waals surface area contributed by atoms with Crippen molar-refractivity contribution in [2.24, 2.45) is 0 Å². The Balaban J connectivity index is 2.34. The van der Waals surface area contributed by atoms with Crippen LogP contribution < -0.4 is 9.83 Å². The first-order valence-corrected chi connectivity index (χ1v) is 7.01. The van der Waals surface area contributed by atoms with Gasteiger partial charge >= 0.3 is 7.60 Å². The highest BCUT2D eigenvalue weighted by atomic mass is 31.2. The highest BCUT2D eigenvalue weighted by Gasteiger charge is 2.24. The molecule has 0 heterocycles. The minimum absolute atomic E-state index is 0.267. The van der Waals surface area contributed by atoms with Gasteiger partial charge < -0.3 is 9.42 Å². The minimum atomic E-state index is -3.85. The standard InChI is InChI=1S/C14H13O3P/c1-2-12-8-6-7-11-14(12)17-18(15,16)13-9-4-3-5-10-13/h2-11H,1H2,(H,15,16). The summed E-state index contributed by atoms with van der Waals surface area (Å²) in [5.74, 6) is 0.349. The third-order valence-electron chi connectivity index (χ3n) is 2.44. The third kappa shape index (κ3) is 2.70. The second kappa shape index (κ2) is 5.21. The van der Waals surface area contributed by atoms with E-state index in [1.807, 2.05) is 6.07 Å². The molecule has 18 heavy (non-hydrogen) atoms. The van der Waals surface area contributed by atoms with Crippen molar-refractivity contribution in [3.63, 3.8) is 0 Å². The van der Waals surface area contributed by atoms with Gasteiger partial charge in [0.05, 0.1) is 5.30 Å². The third-order valence-corrected chi connectivity index (χ3v) is 3.84. The highest BCUT2D eigenvalue weighted by molar-refractivity contribution is 7.61. The molecular weight excluding hydrogens is 247 g/mol. The molecule has 0 saturated carbocycles. The summed E-state index contributed by atoms with van der Waals surface area (Å²) in [4.78, 5) is 9.96. The SMILES string of the molecule is C=Cc1ccccc1OP(=O)(O)c1ccccc1. The molecule has 3 nitrogen and oxygen atoms in total. The van der Waals surface area contributed by atoms with Crippen molar-refractivity contribution in [1.82, 2.24) is 0 Å². The predicted molar refractivity (Wildman–Crippen MR) is 73.1 cm³/mol. The van der Waals surface area contributed by atoms with Crippen molar-refractivity contribution >= 4 is 19.0 Å². The van der Waals surface area contributed by atoms with Crippen LogP contribution >= 0.6 is 7.60 Å². The number of hydrogen-bond acceptors (Lipinski definition) is 2. The summed E-state index contributed by atoms with van der Waals surface area (Å²) in [6.07, 6.45) is 1.58. The van der Waals surface area contributed by atoms with Crippen LogP contribution in [0.4, 0.5) is 0 Å². The zero-order chi connectivity index (χ0) is 13.0. The summed E-state index contributed by atoms with van der Waals surface area (Å²) in [5.41, 5.74) is 0.683. The van der Waals surface area contributed by atoms with Gasteiger partial charge in [-0.1, -0.05) is 49.1 Å². The predicted octanol–water partition coefficient (Wildman–Crippen LogP) is 3.22. The van der Waals surface area contributed by atoms with Gasteiger partial charge in [0, 0.05) is 5.56 Å². The van der Waals surface area contributed by atoms with E-state index in [1.54, 1.807) is 54.6 Å². The molecule has 0 aliphatic rings. The number of benzene rings is 2. The Kier molecular flexibility index (Phi) is 3.66. The van der Waals surface area contributed by atoms with Gasteiger partial charge in [-0.05, 0) is 18.2 Å². The normalized spacial score (nSPS) is 13.6. The molecule has 1 atom stereocenters. The van der Waals surface area contributed by atoms with Crippen LogP contribution in [-0.4, -0.2) is 4.89 Å². The monoisotopic (exact) mass is 260 g/mol. The van der Waals surface area contributed by atoms with Gasteiger partial charge in [-0.25, -0.2) is 4.57 Å². The molecular formula is C14H13O3P. The minimum Gasteiger partial charge on any atom is -0.421 e. The smallest absolute Gasteiger partial charge is 0.408 e. The lowest BCUT2D eigenvalue weighted by Crippen LogP contribution is -2.08. The van der Waals surface area contributed by atoms with E-state index in [9.17, 15) is 9.46 Å². The molecule has 0 aliphatic carbocycles. The molecule has 1 N–H and O–H groups in total. The Bertz CT molecular complexity index is 593. The lowest BCUT2D eigenvalue weighted by atomic mass is 10.2. The average Bonchev–Trinajstić information content (AvgIpc) is 2.40. The fraction of sp³-hybridized carbons (Fsp3) is 0. The van der Waals surface area contributed by atoms with Gasteiger partial charge in [-0.3, -0.25) is 0 Å². The largest absolute Gasteiger partial charge is 0.421 e. The number of rotatable bonds is 4. The van der Waals surface area contributed by atoms with Crippen LogP contribution in [0.25, 0.3) is 6.08 Å². The fourth-order valence-electron chi connectivity index (χ4n) is 1.53. The lowest BCUT2D eigenvalue weighted by molar-refractivity contribution is 0.393. The molecule has 92 valence electrons. The highest BCUT2D eigenvalue weighted by Crippen LogP contribution is 2.42. The zero-order valence-corrected chi connectivity index (χ0v) is 10.6. The molecule has 0 saturated heterocycles. The zero-order valence-electron chi connectivity index (χ0n) is 9.69. The van der Waals surface area contributed by atoms with Gasteiger partial charge in [-0.2, -0.15) is 0 Å². The van der Waals surface area contributed by atoms with E-state index in [4.69, 9.17) is 4.52 Å². The van der Waals surface area contributed by atoms with Crippen molar-refractivity contribution < 1.29 is 14.0 Å². The second-order valence-electron chi connectivity index (χ2n) is 3.69. The van der Waals surface area contributed by atoms with Gasteiger partial charge in [-0.15, -0.1) is 0 Å². The van der Waals surface area contributed by atoms with Crippen LogP contribution in [0.3, 0.4) is 0 Å². The van der Waals surface area contributed by atoms with Crippen molar-refractivity contribution in [2.45, 2.75) is 0 Å². The fourth-order valence-corrected chi connectivity index (χ4v) is 2.62. The lowest BCUT2D eigenvalue weighted by Gasteiger charge is -2.15. The summed E-state index contributed by atoms with van der Waals surface area (Å²) in [7, 11) is -3.85. The summed E-state index contributed by atoms with van der Waals surface area (Å²) >= 11 is 0. The van der Waals surface area contributed by atoms with E-state index in [-0.39, 0.29) is 5.30 Å². The molecule has 4 heteroatoms. The quantitative estimate of drug-likeness (QED) is 0.858. The first-order valence-electron chi connectivity index (χ1n) is 5.43. The van der Waals surface area contributed by atoms with Gasteiger partial charge in [0.15, 0.2) is 0 Å².